The molecule has 2 aliphatic rings. The lowest BCUT2D eigenvalue weighted by Gasteiger charge is -2.31. The summed E-state index contributed by atoms with van der Waals surface area (Å²) in [6.07, 6.45) is 3.46. The van der Waals surface area contributed by atoms with Crippen LogP contribution in [0.4, 0.5) is 0 Å². The zero-order valence-corrected chi connectivity index (χ0v) is 26.6. The maximum Gasteiger partial charge on any atom is 0.155 e. The molecule has 0 bridgehead atoms. The average molecular weight is 560 g/mol. The van der Waals surface area contributed by atoms with Crippen LogP contribution in [0.25, 0.3) is 0 Å². The average Bonchev–Trinajstić information content (AvgIpc) is 3.30. The lowest BCUT2D eigenvalue weighted by molar-refractivity contribution is -0.122. The zero-order valence-electron chi connectivity index (χ0n) is 26.6. The Kier molecular flexibility index (Phi) is 27.5. The van der Waals surface area contributed by atoms with Gasteiger partial charge in [-0.2, -0.15) is 0 Å². The third-order valence-corrected chi connectivity index (χ3v) is 6.29. The Labute approximate surface area is 239 Å². The summed E-state index contributed by atoms with van der Waals surface area (Å²) in [5, 5.41) is 5.84. The molecular formula is C29H61N5O5. The van der Waals surface area contributed by atoms with E-state index < -0.39 is 0 Å². The van der Waals surface area contributed by atoms with E-state index in [1.165, 1.54) is 26.3 Å². The van der Waals surface area contributed by atoms with Gasteiger partial charge in [0, 0.05) is 51.7 Å². The number of rotatable bonds is 14. The van der Waals surface area contributed by atoms with Gasteiger partial charge in [-0.3, -0.25) is 19.3 Å². The van der Waals surface area contributed by atoms with Crippen LogP contribution < -0.4 is 10.6 Å². The van der Waals surface area contributed by atoms with Crippen molar-refractivity contribution in [2.75, 3.05) is 107 Å². The van der Waals surface area contributed by atoms with Crippen molar-refractivity contribution in [3.05, 3.63) is 0 Å². The van der Waals surface area contributed by atoms with Gasteiger partial charge in [-0.1, -0.05) is 13.8 Å². The van der Waals surface area contributed by atoms with Gasteiger partial charge in [-0.15, -0.1) is 0 Å². The predicted octanol–water partition coefficient (Wildman–Crippen LogP) is 1.57. The Morgan fingerprint density at radius 2 is 1.38 bits per heavy atom. The van der Waals surface area contributed by atoms with Gasteiger partial charge in [0.15, 0.2) is 5.78 Å². The Balaban J connectivity index is 0. The molecule has 39 heavy (non-hydrogen) atoms. The van der Waals surface area contributed by atoms with E-state index in [2.05, 4.69) is 53.3 Å². The van der Waals surface area contributed by atoms with Gasteiger partial charge in [0.2, 0.25) is 0 Å². The van der Waals surface area contributed by atoms with Crippen LogP contribution in [0.15, 0.2) is 0 Å². The summed E-state index contributed by atoms with van der Waals surface area (Å²) in [6, 6.07) is 0.866. The van der Waals surface area contributed by atoms with E-state index >= 15 is 0 Å². The number of carbonyl (C=O) groups excluding carboxylic acids is 3. The molecule has 0 aromatic carbocycles. The van der Waals surface area contributed by atoms with Crippen LogP contribution in [-0.4, -0.2) is 145 Å². The molecule has 2 rings (SSSR count). The highest BCUT2D eigenvalue weighted by Crippen LogP contribution is 2.21. The molecule has 10 heteroatoms. The first-order chi connectivity index (χ1) is 18.4. The van der Waals surface area contributed by atoms with Crippen LogP contribution in [0.3, 0.4) is 0 Å². The first kappa shape index (κ1) is 39.9. The number of piperazine rings is 1. The molecule has 232 valence electrons. The van der Waals surface area contributed by atoms with Crippen LogP contribution in [-0.2, 0) is 23.9 Å². The van der Waals surface area contributed by atoms with Crippen molar-refractivity contribution in [3.63, 3.8) is 0 Å². The summed E-state index contributed by atoms with van der Waals surface area (Å²) in [5.41, 5.74) is 0. The number of hydrogen-bond acceptors (Lipinski definition) is 10. The molecule has 0 spiro atoms. The quantitative estimate of drug-likeness (QED) is 0.305. The predicted molar refractivity (Wildman–Crippen MR) is 161 cm³/mol. The number of ketones is 3. The topological polar surface area (TPSA) is 103 Å². The maximum absolute atomic E-state index is 10.7. The molecule has 0 saturated carbocycles. The van der Waals surface area contributed by atoms with Crippen LogP contribution in [0, 0.1) is 5.92 Å². The van der Waals surface area contributed by atoms with Gasteiger partial charge in [-0.05, 0) is 74.3 Å². The summed E-state index contributed by atoms with van der Waals surface area (Å²) in [7, 11) is 8.06. The number of likely N-dealkylation sites (tertiary alicyclic amines) is 1. The van der Waals surface area contributed by atoms with E-state index in [0.29, 0.717) is 32.8 Å². The number of Topliss-reactive ketones (excluding diaryl/α,β-unsaturated/α-hetero) is 3. The number of likely N-dealkylation sites (N-methyl/N-ethyl adjacent to an activating group) is 2. The highest BCUT2D eigenvalue weighted by molar-refractivity contribution is 5.77. The number of ether oxygens (including phenoxy) is 2. The van der Waals surface area contributed by atoms with Crippen molar-refractivity contribution in [2.45, 2.75) is 59.9 Å². The van der Waals surface area contributed by atoms with Crippen LogP contribution >= 0.6 is 0 Å². The summed E-state index contributed by atoms with van der Waals surface area (Å²) >= 11 is 0. The monoisotopic (exact) mass is 559 g/mol. The summed E-state index contributed by atoms with van der Waals surface area (Å²) < 4.78 is 10.1. The second-order valence-corrected chi connectivity index (χ2v) is 10.7. The molecule has 0 aromatic rings. The second kappa shape index (κ2) is 26.9. The summed E-state index contributed by atoms with van der Waals surface area (Å²) in [4.78, 5) is 38.3. The fraction of sp³-hybridized carbons (Fsp3) is 0.897. The standard InChI is InChI=1S/C8H16N2O.C8H17NO3.C8H17N.C5H11NO/c1-8(11)7-10-5-3-9(2)4-6-10;1-8(10)7-12-6-5-11-4-3-9-2;1-7(2)8-5-4-6-9(8)3;1-5(7)3-4-6-2/h3-7H2,1-2H3;9H,3-7H2,1-2H3;7-8H,4-6H2,1-3H3;6H,3-4H2,1-2H3/t;;8-;/m..1./s1. The van der Waals surface area contributed by atoms with Gasteiger partial charge in [0.05, 0.1) is 26.4 Å². The van der Waals surface area contributed by atoms with Crippen molar-refractivity contribution in [1.82, 2.24) is 25.3 Å². The van der Waals surface area contributed by atoms with Gasteiger partial charge in [0.25, 0.3) is 0 Å². The number of nitrogens with zero attached hydrogens (tertiary/aromatic N) is 3. The Morgan fingerprint density at radius 1 is 0.795 bits per heavy atom. The minimum absolute atomic E-state index is 0.0465. The third kappa shape index (κ3) is 28.1. The van der Waals surface area contributed by atoms with Crippen molar-refractivity contribution in [3.8, 4) is 0 Å². The highest BCUT2D eigenvalue weighted by Gasteiger charge is 2.22. The third-order valence-electron chi connectivity index (χ3n) is 6.29. The number of carbonyl (C=O) groups is 3. The second-order valence-electron chi connectivity index (χ2n) is 10.7. The molecule has 2 aliphatic heterocycles. The number of nitrogens with one attached hydrogen (secondary N) is 2. The molecule has 0 unspecified atom stereocenters. The van der Waals surface area contributed by atoms with E-state index in [1.54, 1.807) is 13.8 Å². The van der Waals surface area contributed by atoms with Gasteiger partial charge in [-0.25, -0.2) is 0 Å². The normalized spacial score (nSPS) is 17.8. The minimum atomic E-state index is 0.0465. The molecular weight excluding hydrogens is 498 g/mol. The van der Waals surface area contributed by atoms with E-state index in [1.807, 2.05) is 14.1 Å². The molecule has 0 amide bonds. The van der Waals surface area contributed by atoms with Crippen LogP contribution in [0.1, 0.15) is 53.9 Å². The molecule has 2 fully saturated rings. The summed E-state index contributed by atoms with van der Waals surface area (Å²) in [6.45, 7) is 19.1. The molecule has 10 nitrogen and oxygen atoms in total. The highest BCUT2D eigenvalue weighted by atomic mass is 16.5. The van der Waals surface area contributed by atoms with Gasteiger partial charge in [0.1, 0.15) is 18.2 Å². The van der Waals surface area contributed by atoms with Crippen molar-refractivity contribution >= 4 is 17.3 Å². The molecule has 2 heterocycles. The minimum Gasteiger partial charge on any atom is -0.378 e. The first-order valence-electron chi connectivity index (χ1n) is 14.5. The SMILES string of the molecule is CC(=O)CN1CCN(C)CC1.CC(C)[C@H]1CCCN1C.CNCCC(C)=O.CNCCOCCOCC(C)=O. The van der Waals surface area contributed by atoms with E-state index in [4.69, 9.17) is 9.47 Å². The fourth-order valence-corrected chi connectivity index (χ4v) is 4.01. The molecule has 0 radical (unpaired) electrons. The number of hydrogen-bond donors (Lipinski definition) is 2. The lowest BCUT2D eigenvalue weighted by atomic mass is 10.0. The van der Waals surface area contributed by atoms with Crippen molar-refractivity contribution in [1.29, 1.82) is 0 Å². The smallest absolute Gasteiger partial charge is 0.155 e. The van der Waals surface area contributed by atoms with E-state index in [0.717, 1.165) is 51.2 Å². The summed E-state index contributed by atoms with van der Waals surface area (Å²) in [5.74, 6) is 1.41. The van der Waals surface area contributed by atoms with Crippen LogP contribution in [0.2, 0.25) is 0 Å². The zero-order chi connectivity index (χ0) is 30.1. The molecule has 1 atom stereocenters. The molecule has 0 aromatic heterocycles. The van der Waals surface area contributed by atoms with Gasteiger partial charge >= 0.3 is 0 Å². The largest absolute Gasteiger partial charge is 0.378 e. The first-order valence-corrected chi connectivity index (χ1v) is 14.5. The molecule has 2 N–H and O–H groups in total. The molecule has 0 aliphatic carbocycles. The lowest BCUT2D eigenvalue weighted by Crippen LogP contribution is -2.45. The van der Waals surface area contributed by atoms with Crippen LogP contribution in [0.5, 0.6) is 0 Å². The Bertz CT molecular complexity index is 613. The van der Waals surface area contributed by atoms with E-state index in [-0.39, 0.29) is 24.0 Å². The molecule has 2 saturated heterocycles. The van der Waals surface area contributed by atoms with E-state index in [9.17, 15) is 14.4 Å². The van der Waals surface area contributed by atoms with Gasteiger partial charge < -0.3 is 29.9 Å². The fourth-order valence-electron chi connectivity index (χ4n) is 4.01. The van der Waals surface area contributed by atoms with Crippen molar-refractivity contribution in [2.24, 2.45) is 5.92 Å². The Hall–Kier alpha value is -1.27. The maximum atomic E-state index is 10.7. The Morgan fingerprint density at radius 3 is 1.77 bits per heavy atom. The van der Waals surface area contributed by atoms with Crippen molar-refractivity contribution < 1.29 is 23.9 Å².